The second kappa shape index (κ2) is 18.2. The summed E-state index contributed by atoms with van der Waals surface area (Å²) in [7, 11) is 3.79. The normalized spacial score (nSPS) is 15.2. The molecule has 1 heterocycles. The van der Waals surface area contributed by atoms with Crippen molar-refractivity contribution in [1.82, 2.24) is 15.1 Å². The van der Waals surface area contributed by atoms with E-state index >= 15 is 0 Å². The Morgan fingerprint density at radius 1 is 1.17 bits per heavy atom. The predicted molar refractivity (Wildman–Crippen MR) is 119 cm³/mol. The molecular weight excluding hydrogens is 370 g/mol. The summed E-state index contributed by atoms with van der Waals surface area (Å²) in [6.45, 7) is 12.5. The average Bonchev–Trinajstić information content (AvgIpc) is 2.65. The van der Waals surface area contributed by atoms with E-state index < -0.39 is 5.97 Å². The molecular formula is C22H43N3O4. The number of amides is 2. The van der Waals surface area contributed by atoms with Crippen LogP contribution in [0.3, 0.4) is 0 Å². The molecule has 2 amide bonds. The highest BCUT2D eigenvalue weighted by Gasteiger charge is 2.18. The van der Waals surface area contributed by atoms with Crippen LogP contribution in [0.15, 0.2) is 11.6 Å². The zero-order valence-electron chi connectivity index (χ0n) is 19.5. The van der Waals surface area contributed by atoms with Crippen molar-refractivity contribution in [2.45, 2.75) is 72.8 Å². The largest absolute Gasteiger partial charge is 0.478 e. The van der Waals surface area contributed by atoms with Gasteiger partial charge in [0, 0.05) is 12.6 Å². The molecule has 0 aromatic rings. The third-order valence-electron chi connectivity index (χ3n) is 4.17. The molecule has 1 aliphatic rings. The quantitative estimate of drug-likeness (QED) is 0.471. The lowest BCUT2D eigenvalue weighted by Gasteiger charge is -2.25. The molecule has 0 aliphatic carbocycles. The Kier molecular flexibility index (Phi) is 18.4. The highest BCUT2D eigenvalue weighted by atomic mass is 16.4. The first-order valence-corrected chi connectivity index (χ1v) is 10.6. The van der Waals surface area contributed by atoms with E-state index in [1.807, 2.05) is 6.92 Å². The van der Waals surface area contributed by atoms with Crippen LogP contribution >= 0.6 is 0 Å². The van der Waals surface area contributed by atoms with E-state index in [9.17, 15) is 14.4 Å². The smallest absolute Gasteiger partial charge is 0.331 e. The van der Waals surface area contributed by atoms with Crippen molar-refractivity contribution in [3.8, 4) is 0 Å². The summed E-state index contributed by atoms with van der Waals surface area (Å²) in [5, 5.41) is 11.1. The van der Waals surface area contributed by atoms with Gasteiger partial charge in [-0.05, 0) is 52.2 Å². The van der Waals surface area contributed by atoms with Crippen molar-refractivity contribution in [3.63, 3.8) is 0 Å². The molecule has 29 heavy (non-hydrogen) atoms. The first-order valence-electron chi connectivity index (χ1n) is 10.6. The summed E-state index contributed by atoms with van der Waals surface area (Å²) in [5.74, 6) is -0.419. The maximum atomic E-state index is 11.7. The summed E-state index contributed by atoms with van der Waals surface area (Å²) in [6, 6.07) is -0.271. The summed E-state index contributed by atoms with van der Waals surface area (Å²) in [4.78, 5) is 36.4. The molecule has 0 bridgehead atoms. The molecule has 7 heteroatoms. The number of likely N-dealkylation sites (N-methyl/N-ethyl adjacent to an activating group) is 1. The number of rotatable bonds is 8. The first-order chi connectivity index (χ1) is 13.6. The fourth-order valence-electron chi connectivity index (χ4n) is 2.54. The number of hydrogen-bond donors (Lipinski definition) is 2. The molecule has 0 radical (unpaired) electrons. The van der Waals surface area contributed by atoms with Crippen LogP contribution in [0.4, 0.5) is 0 Å². The van der Waals surface area contributed by atoms with E-state index in [4.69, 9.17) is 5.11 Å². The number of aliphatic carboxylic acids is 1. The fourth-order valence-corrected chi connectivity index (χ4v) is 2.54. The van der Waals surface area contributed by atoms with Gasteiger partial charge in [-0.3, -0.25) is 9.59 Å². The van der Waals surface area contributed by atoms with Gasteiger partial charge in [0.05, 0.1) is 12.6 Å². The molecule has 0 saturated carbocycles. The average molecular weight is 414 g/mol. The molecule has 1 saturated heterocycles. The van der Waals surface area contributed by atoms with Gasteiger partial charge in [-0.2, -0.15) is 0 Å². The lowest BCUT2D eigenvalue weighted by molar-refractivity contribution is -0.133. The van der Waals surface area contributed by atoms with E-state index in [0.717, 1.165) is 12.3 Å². The monoisotopic (exact) mass is 413 g/mol. The molecule has 0 aromatic heterocycles. The van der Waals surface area contributed by atoms with Crippen LogP contribution < -0.4 is 5.32 Å². The van der Waals surface area contributed by atoms with Gasteiger partial charge < -0.3 is 20.2 Å². The van der Waals surface area contributed by atoms with Crippen molar-refractivity contribution < 1.29 is 19.5 Å². The van der Waals surface area contributed by atoms with Gasteiger partial charge >= 0.3 is 5.97 Å². The minimum atomic E-state index is -0.997. The zero-order valence-corrected chi connectivity index (χ0v) is 19.5. The van der Waals surface area contributed by atoms with Crippen molar-refractivity contribution in [3.05, 3.63) is 11.6 Å². The Morgan fingerprint density at radius 2 is 1.69 bits per heavy atom. The number of nitrogens with one attached hydrogen (secondary N) is 1. The van der Waals surface area contributed by atoms with Gasteiger partial charge in [-0.15, -0.1) is 0 Å². The number of carbonyl (C=O) groups excluding carboxylic acids is 2. The minimum absolute atomic E-state index is 0.0832. The SMILES string of the molecule is CC(C)C.CCC[C@@H](/C=C(\C)C(=O)O)N(C)C(=O)CNC=O.CN1CCCCC1. The van der Waals surface area contributed by atoms with Crippen LogP contribution in [-0.2, 0) is 14.4 Å². The number of carboxylic acid groups (broad SMARTS) is 1. The zero-order chi connectivity index (χ0) is 22.8. The second-order valence-corrected chi connectivity index (χ2v) is 8.11. The topological polar surface area (TPSA) is 90.0 Å². The number of hydrogen-bond acceptors (Lipinski definition) is 4. The first kappa shape index (κ1) is 29.3. The maximum Gasteiger partial charge on any atom is 0.331 e. The number of carbonyl (C=O) groups is 3. The van der Waals surface area contributed by atoms with Crippen LogP contribution in [-0.4, -0.2) is 73.0 Å². The number of likely N-dealkylation sites (tertiary alicyclic amines) is 1. The molecule has 1 atom stereocenters. The Balaban J connectivity index is 0. The molecule has 1 aliphatic heterocycles. The molecule has 0 aromatic carbocycles. The summed E-state index contributed by atoms with van der Waals surface area (Å²) >= 11 is 0. The Morgan fingerprint density at radius 3 is 2.03 bits per heavy atom. The van der Waals surface area contributed by atoms with Crippen molar-refractivity contribution in [1.29, 1.82) is 0 Å². The summed E-state index contributed by atoms with van der Waals surface area (Å²) < 4.78 is 0. The van der Waals surface area contributed by atoms with Gasteiger partial charge in [0.1, 0.15) is 0 Å². The molecule has 1 rings (SSSR count). The number of piperidine rings is 1. The van der Waals surface area contributed by atoms with Crippen molar-refractivity contribution >= 4 is 18.3 Å². The molecule has 0 unspecified atom stereocenters. The van der Waals surface area contributed by atoms with Gasteiger partial charge in [-0.25, -0.2) is 4.79 Å². The highest BCUT2D eigenvalue weighted by molar-refractivity contribution is 5.86. The lowest BCUT2D eigenvalue weighted by Crippen LogP contribution is -2.41. The van der Waals surface area contributed by atoms with Crippen LogP contribution in [0.1, 0.15) is 66.7 Å². The third-order valence-corrected chi connectivity index (χ3v) is 4.17. The van der Waals surface area contributed by atoms with Gasteiger partial charge in [0.2, 0.25) is 12.3 Å². The van der Waals surface area contributed by atoms with Crippen LogP contribution in [0.5, 0.6) is 0 Å². The van der Waals surface area contributed by atoms with E-state index in [0.29, 0.717) is 12.8 Å². The van der Waals surface area contributed by atoms with Gasteiger partial charge in [0.25, 0.3) is 0 Å². The lowest BCUT2D eigenvalue weighted by atomic mass is 10.1. The van der Waals surface area contributed by atoms with Crippen molar-refractivity contribution in [2.75, 3.05) is 33.7 Å². The second-order valence-electron chi connectivity index (χ2n) is 8.11. The molecule has 2 N–H and O–H groups in total. The standard InChI is InChI=1S/C12H20N2O4.C6H13N.C4H10/c1-4-5-10(6-9(2)12(17)18)14(3)11(16)7-13-8-15;1-7-5-3-2-4-6-7;1-4(2)3/h6,8,10H,4-5,7H2,1-3H3,(H,13,15)(H,17,18);2-6H2,1H3;4H,1-3H3/b9-6+;;/t10-;;/m0../s1. The van der Waals surface area contributed by atoms with Crippen molar-refractivity contribution in [2.24, 2.45) is 5.92 Å². The Hall–Kier alpha value is -1.89. The van der Waals surface area contributed by atoms with Gasteiger partial charge in [-0.1, -0.05) is 46.6 Å². The Bertz CT molecular complexity index is 484. The van der Waals surface area contributed by atoms with Crippen LogP contribution in [0, 0.1) is 5.92 Å². The molecule has 170 valence electrons. The van der Waals surface area contributed by atoms with E-state index in [-0.39, 0.29) is 24.1 Å². The minimum Gasteiger partial charge on any atom is -0.478 e. The molecule has 7 nitrogen and oxygen atoms in total. The molecule has 0 spiro atoms. The van der Waals surface area contributed by atoms with E-state index in [2.05, 4.69) is 38.0 Å². The predicted octanol–water partition coefficient (Wildman–Crippen LogP) is 3.15. The number of carboxylic acids is 1. The third kappa shape index (κ3) is 17.9. The Labute approximate surface area is 177 Å². The number of nitrogens with zero attached hydrogens (tertiary/aromatic N) is 2. The summed E-state index contributed by atoms with van der Waals surface area (Å²) in [5.41, 5.74) is 0.205. The molecule has 1 fully saturated rings. The van der Waals surface area contributed by atoms with E-state index in [1.54, 1.807) is 13.1 Å². The fraction of sp³-hybridized carbons (Fsp3) is 0.773. The van der Waals surface area contributed by atoms with Gasteiger partial charge in [0.15, 0.2) is 0 Å². The van der Waals surface area contributed by atoms with Crippen LogP contribution in [0.2, 0.25) is 0 Å². The van der Waals surface area contributed by atoms with Crippen LogP contribution in [0.25, 0.3) is 0 Å². The summed E-state index contributed by atoms with van der Waals surface area (Å²) in [6.07, 6.45) is 7.79. The maximum absolute atomic E-state index is 11.7. The highest BCUT2D eigenvalue weighted by Crippen LogP contribution is 2.10. The van der Waals surface area contributed by atoms with E-state index in [1.165, 1.54) is 44.2 Å².